The molecule has 0 spiro atoms. The van der Waals surface area contributed by atoms with Gasteiger partial charge in [0.05, 0.1) is 38.8 Å². The highest BCUT2D eigenvalue weighted by molar-refractivity contribution is 6.31. The summed E-state index contributed by atoms with van der Waals surface area (Å²) >= 11 is 0. The van der Waals surface area contributed by atoms with Crippen molar-refractivity contribution in [3.05, 3.63) is 222 Å². The predicted octanol–water partition coefficient (Wildman–Crippen LogP) is 16.9. The van der Waals surface area contributed by atoms with Crippen molar-refractivity contribution in [3.8, 4) is 0 Å². The molecule has 0 N–H and O–H groups in total. The van der Waals surface area contributed by atoms with E-state index in [-0.39, 0.29) is 5.92 Å². The van der Waals surface area contributed by atoms with E-state index in [0.717, 1.165) is 11.4 Å². The van der Waals surface area contributed by atoms with Gasteiger partial charge in [0.15, 0.2) is 0 Å². The van der Waals surface area contributed by atoms with E-state index >= 15 is 0 Å². The standard InChI is InChI=1S/C61H47N3/c1-37(2)39-23-25-42(26-24-39)57(41-15-7-5-8-16-41)49-32-31-45-50-35-56-51(36-55(50)63-52-21-13-11-19-47(52)58(49)60(45)63)46-33-34-54(59-48-20-12-14-22-53(48)64(56)61(46)59)62(43-17-9-6-10-18-43)44-29-27-40(28-30-44)38(3)4/h5-38,57H,1-4H3. The zero-order chi connectivity index (χ0) is 42.8. The van der Waals surface area contributed by atoms with Gasteiger partial charge in [0, 0.05) is 60.4 Å². The van der Waals surface area contributed by atoms with E-state index in [2.05, 4.69) is 236 Å². The predicted molar refractivity (Wildman–Crippen MR) is 272 cm³/mol. The van der Waals surface area contributed by atoms with Crippen molar-refractivity contribution >= 4 is 93.3 Å². The monoisotopic (exact) mass is 821 g/mol. The summed E-state index contributed by atoms with van der Waals surface area (Å²) in [6.45, 7) is 9.07. The van der Waals surface area contributed by atoms with Gasteiger partial charge >= 0.3 is 0 Å². The first-order chi connectivity index (χ1) is 31.4. The van der Waals surface area contributed by atoms with E-state index in [4.69, 9.17) is 0 Å². The van der Waals surface area contributed by atoms with Crippen molar-refractivity contribution in [2.24, 2.45) is 0 Å². The maximum Gasteiger partial charge on any atom is 0.0641 e. The van der Waals surface area contributed by atoms with E-state index < -0.39 is 0 Å². The second kappa shape index (κ2) is 13.9. The molecule has 0 aliphatic carbocycles. The van der Waals surface area contributed by atoms with Crippen LogP contribution in [0.1, 0.15) is 73.3 Å². The highest BCUT2D eigenvalue weighted by Crippen LogP contribution is 2.50. The minimum atomic E-state index is 0.0774. The Labute approximate surface area is 372 Å². The summed E-state index contributed by atoms with van der Waals surface area (Å²) in [5.41, 5.74) is 17.7. The van der Waals surface area contributed by atoms with Crippen LogP contribution in [0.25, 0.3) is 76.2 Å². The number of benzene rings is 9. The van der Waals surface area contributed by atoms with Crippen molar-refractivity contribution in [2.45, 2.75) is 45.4 Å². The number of rotatable bonds is 8. The SMILES string of the molecule is CC(C)c1ccc(C(c2ccccc2)c2ccc3c4cc5c(cc4n4c6ccccc6c2c34)c2ccc(N(c3ccccc3)c3ccc(C(C)C)cc3)c3c4ccccc4n5c23)cc1. The maximum atomic E-state index is 2.57. The van der Waals surface area contributed by atoms with Crippen molar-refractivity contribution in [2.75, 3.05) is 4.90 Å². The number of nitrogens with zero attached hydrogens (tertiary/aromatic N) is 3. The molecular formula is C61H47N3. The summed E-state index contributed by atoms with van der Waals surface area (Å²) in [6, 6.07) is 73.1. The van der Waals surface area contributed by atoms with Crippen LogP contribution >= 0.6 is 0 Å². The highest BCUT2D eigenvalue weighted by Gasteiger charge is 2.28. The lowest BCUT2D eigenvalue weighted by molar-refractivity contribution is 0.863. The lowest BCUT2D eigenvalue weighted by Crippen LogP contribution is -2.10. The Balaban J connectivity index is 1.09. The van der Waals surface area contributed by atoms with E-state index in [1.54, 1.807) is 0 Å². The maximum absolute atomic E-state index is 2.57. The third-order valence-electron chi connectivity index (χ3n) is 14.3. The number of aromatic nitrogens is 2. The van der Waals surface area contributed by atoms with E-state index in [1.807, 2.05) is 0 Å². The molecule has 0 bridgehead atoms. The Morgan fingerprint density at radius 2 is 0.797 bits per heavy atom. The Kier molecular flexibility index (Phi) is 8.06. The molecule has 306 valence electrons. The quantitative estimate of drug-likeness (QED) is 0.139. The fraction of sp³-hybridized carbons (Fsp3) is 0.115. The van der Waals surface area contributed by atoms with E-state index in [0.29, 0.717) is 11.8 Å². The van der Waals surface area contributed by atoms with Crippen LogP contribution in [0.3, 0.4) is 0 Å². The van der Waals surface area contributed by atoms with Gasteiger partial charge in [-0.2, -0.15) is 0 Å². The summed E-state index contributed by atoms with van der Waals surface area (Å²) in [4.78, 5) is 2.45. The second-order valence-corrected chi connectivity index (χ2v) is 18.5. The van der Waals surface area contributed by atoms with Gasteiger partial charge in [0.2, 0.25) is 0 Å². The van der Waals surface area contributed by atoms with E-state index in [1.165, 1.54) is 110 Å². The molecule has 0 aliphatic rings. The van der Waals surface area contributed by atoms with Crippen molar-refractivity contribution in [1.29, 1.82) is 0 Å². The van der Waals surface area contributed by atoms with Crippen LogP contribution in [0.4, 0.5) is 17.1 Å². The molecule has 0 saturated heterocycles. The summed E-state index contributed by atoms with van der Waals surface area (Å²) in [5, 5.41) is 10.3. The van der Waals surface area contributed by atoms with Crippen molar-refractivity contribution in [1.82, 2.24) is 8.80 Å². The highest BCUT2D eigenvalue weighted by atomic mass is 15.1. The molecule has 64 heavy (non-hydrogen) atoms. The smallest absolute Gasteiger partial charge is 0.0641 e. The molecule has 0 fully saturated rings. The van der Waals surface area contributed by atoms with Gasteiger partial charge in [-0.25, -0.2) is 0 Å². The Morgan fingerprint density at radius 1 is 0.344 bits per heavy atom. The largest absolute Gasteiger partial charge is 0.310 e. The lowest BCUT2D eigenvalue weighted by atomic mass is 9.82. The van der Waals surface area contributed by atoms with Crippen LogP contribution in [-0.2, 0) is 0 Å². The number of hydrogen-bond donors (Lipinski definition) is 0. The average Bonchev–Trinajstić information content (AvgIpc) is 4.06. The first-order valence-corrected chi connectivity index (χ1v) is 22.9. The minimum Gasteiger partial charge on any atom is -0.310 e. The molecule has 4 aromatic heterocycles. The third-order valence-corrected chi connectivity index (χ3v) is 14.3. The molecule has 0 aliphatic heterocycles. The molecule has 0 saturated carbocycles. The van der Waals surface area contributed by atoms with Crippen molar-refractivity contribution in [3.63, 3.8) is 0 Å². The molecule has 9 aromatic carbocycles. The van der Waals surface area contributed by atoms with Crippen LogP contribution < -0.4 is 4.90 Å². The molecule has 3 nitrogen and oxygen atoms in total. The molecule has 0 amide bonds. The fourth-order valence-electron chi connectivity index (χ4n) is 11.2. The number of hydrogen-bond acceptors (Lipinski definition) is 1. The molecule has 4 heterocycles. The van der Waals surface area contributed by atoms with Gasteiger partial charge in [-0.05, 0) is 94.3 Å². The first-order valence-electron chi connectivity index (χ1n) is 22.9. The fourth-order valence-corrected chi connectivity index (χ4v) is 11.2. The summed E-state index contributed by atoms with van der Waals surface area (Å²) in [7, 11) is 0. The van der Waals surface area contributed by atoms with Crippen LogP contribution in [-0.4, -0.2) is 8.80 Å². The van der Waals surface area contributed by atoms with Gasteiger partial charge in [-0.15, -0.1) is 0 Å². The van der Waals surface area contributed by atoms with E-state index in [9.17, 15) is 0 Å². The van der Waals surface area contributed by atoms with Gasteiger partial charge < -0.3 is 13.7 Å². The molecule has 0 radical (unpaired) electrons. The van der Waals surface area contributed by atoms with Crippen LogP contribution in [0, 0.1) is 0 Å². The average molecular weight is 822 g/mol. The topological polar surface area (TPSA) is 12.1 Å². The molecule has 1 unspecified atom stereocenters. The second-order valence-electron chi connectivity index (χ2n) is 18.5. The summed E-state index contributed by atoms with van der Waals surface area (Å²) < 4.78 is 5.12. The molecule has 13 rings (SSSR count). The van der Waals surface area contributed by atoms with Gasteiger partial charge in [0.1, 0.15) is 0 Å². The molecule has 13 aromatic rings. The third kappa shape index (κ3) is 5.21. The summed E-state index contributed by atoms with van der Waals surface area (Å²) in [5.74, 6) is 1.02. The molecular weight excluding hydrogens is 775 g/mol. The first kappa shape index (κ1) is 37.0. The van der Waals surface area contributed by atoms with Crippen molar-refractivity contribution < 1.29 is 0 Å². The Morgan fingerprint density at radius 3 is 1.39 bits per heavy atom. The number of fused-ring (bicyclic) bond motifs is 12. The Hall–Kier alpha value is -7.62. The van der Waals surface area contributed by atoms with Gasteiger partial charge in [-0.3, -0.25) is 0 Å². The van der Waals surface area contributed by atoms with Gasteiger partial charge in [0.25, 0.3) is 0 Å². The van der Waals surface area contributed by atoms with Crippen LogP contribution in [0.2, 0.25) is 0 Å². The number of para-hydroxylation sites is 3. The molecule has 3 heteroatoms. The minimum absolute atomic E-state index is 0.0774. The lowest BCUT2D eigenvalue weighted by Gasteiger charge is -2.27. The Bertz CT molecular complexity index is 3610. The summed E-state index contributed by atoms with van der Waals surface area (Å²) in [6.07, 6.45) is 0. The van der Waals surface area contributed by atoms with Gasteiger partial charge in [-0.1, -0.05) is 167 Å². The normalized spacial score (nSPS) is 12.9. The van der Waals surface area contributed by atoms with Crippen LogP contribution in [0.15, 0.2) is 194 Å². The molecule has 1 atom stereocenters. The van der Waals surface area contributed by atoms with Crippen LogP contribution in [0.5, 0.6) is 0 Å². The zero-order valence-corrected chi connectivity index (χ0v) is 36.5. The zero-order valence-electron chi connectivity index (χ0n) is 36.5. The number of anilines is 3.